The van der Waals surface area contributed by atoms with Gasteiger partial charge in [0.15, 0.2) is 0 Å². The minimum Gasteiger partial charge on any atom is -0.394 e. The van der Waals surface area contributed by atoms with Crippen LogP contribution in [0.4, 0.5) is 5.69 Å². The van der Waals surface area contributed by atoms with E-state index in [9.17, 15) is 10.2 Å². The average Bonchev–Trinajstić information content (AvgIpc) is 2.30. The monoisotopic (exact) mass is 259 g/mol. The maximum atomic E-state index is 9.60. The quantitative estimate of drug-likeness (QED) is 0.565. The minimum absolute atomic E-state index is 0.291. The summed E-state index contributed by atoms with van der Waals surface area (Å²) in [6, 6.07) is 4.54. The molecule has 3 N–H and O–H groups in total. The van der Waals surface area contributed by atoms with E-state index in [0.717, 1.165) is 0 Å². The lowest BCUT2D eigenvalue weighted by Crippen LogP contribution is -2.21. The van der Waals surface area contributed by atoms with Crippen LogP contribution in [0.2, 0.25) is 5.02 Å². The zero-order chi connectivity index (χ0) is 12.1. The van der Waals surface area contributed by atoms with Gasteiger partial charge in [0.2, 0.25) is 0 Å². The van der Waals surface area contributed by atoms with Crippen LogP contribution in [0, 0.1) is 0 Å². The van der Waals surface area contributed by atoms with Gasteiger partial charge in [0.05, 0.1) is 22.5 Å². The summed E-state index contributed by atoms with van der Waals surface area (Å²) in [6.07, 6.45) is -2.43. The standard InChI is InChI=1S/C10H10ClNO3S/c11-7-3-6(10(15)9(14)4-13)1-2-8(7)12-5-16/h1-3,9-10,13-15H,4H2. The molecule has 2 atom stereocenters. The molecule has 16 heavy (non-hydrogen) atoms. The van der Waals surface area contributed by atoms with E-state index < -0.39 is 18.8 Å². The van der Waals surface area contributed by atoms with Crippen molar-refractivity contribution in [2.75, 3.05) is 6.61 Å². The molecule has 0 aliphatic rings. The van der Waals surface area contributed by atoms with Crippen molar-refractivity contribution in [1.29, 1.82) is 0 Å². The lowest BCUT2D eigenvalue weighted by atomic mass is 10.0. The lowest BCUT2D eigenvalue weighted by Gasteiger charge is -2.16. The topological polar surface area (TPSA) is 73.0 Å². The molecule has 0 fully saturated rings. The van der Waals surface area contributed by atoms with Crippen molar-refractivity contribution in [3.63, 3.8) is 0 Å². The van der Waals surface area contributed by atoms with Crippen LogP contribution >= 0.6 is 23.8 Å². The molecule has 0 saturated heterocycles. The first-order valence-electron chi connectivity index (χ1n) is 4.44. The maximum absolute atomic E-state index is 9.60. The third-order valence-electron chi connectivity index (χ3n) is 2.03. The van der Waals surface area contributed by atoms with Crippen LogP contribution < -0.4 is 0 Å². The van der Waals surface area contributed by atoms with Gasteiger partial charge < -0.3 is 15.3 Å². The second kappa shape index (κ2) is 6.06. The van der Waals surface area contributed by atoms with Gasteiger partial charge in [0.1, 0.15) is 12.2 Å². The van der Waals surface area contributed by atoms with Crippen LogP contribution in [0.5, 0.6) is 0 Å². The van der Waals surface area contributed by atoms with E-state index in [2.05, 4.69) is 22.4 Å². The summed E-state index contributed by atoms with van der Waals surface area (Å²) in [5.41, 5.74) is 0.834. The molecule has 1 aromatic carbocycles. The summed E-state index contributed by atoms with van der Waals surface area (Å²) >= 11 is 10.3. The molecule has 1 rings (SSSR count). The number of halogens is 1. The molecular weight excluding hydrogens is 250 g/mol. The maximum Gasteiger partial charge on any atom is 0.107 e. The second-order valence-electron chi connectivity index (χ2n) is 3.11. The van der Waals surface area contributed by atoms with E-state index in [4.69, 9.17) is 16.7 Å². The Balaban J connectivity index is 3.01. The lowest BCUT2D eigenvalue weighted by molar-refractivity contribution is -0.0152. The van der Waals surface area contributed by atoms with Crippen LogP contribution in [-0.2, 0) is 0 Å². The van der Waals surface area contributed by atoms with Gasteiger partial charge in [-0.2, -0.15) is 4.99 Å². The summed E-state index contributed by atoms with van der Waals surface area (Å²) in [7, 11) is 0. The summed E-state index contributed by atoms with van der Waals surface area (Å²) in [6.45, 7) is -0.529. The predicted molar refractivity (Wildman–Crippen MR) is 64.2 cm³/mol. The molecule has 0 radical (unpaired) electrons. The molecule has 0 bridgehead atoms. The number of aliphatic hydroxyl groups is 3. The molecule has 0 saturated carbocycles. The second-order valence-corrected chi connectivity index (χ2v) is 3.70. The zero-order valence-electron chi connectivity index (χ0n) is 8.17. The predicted octanol–water partition coefficient (Wildman–Crippen LogP) is 1.46. The van der Waals surface area contributed by atoms with Gasteiger partial charge in [-0.3, -0.25) is 0 Å². The SMILES string of the molecule is OCC(O)C(O)c1ccc(N=C=S)c(Cl)c1. The number of aliphatic hydroxyl groups excluding tert-OH is 3. The number of rotatable bonds is 4. The Morgan fingerprint density at radius 2 is 2.12 bits per heavy atom. The van der Waals surface area contributed by atoms with E-state index in [0.29, 0.717) is 16.3 Å². The highest BCUT2D eigenvalue weighted by atomic mass is 35.5. The Hall–Kier alpha value is -0.810. The fourth-order valence-corrected chi connectivity index (χ4v) is 1.50. The highest BCUT2D eigenvalue weighted by molar-refractivity contribution is 7.78. The van der Waals surface area contributed by atoms with Crippen LogP contribution in [0.3, 0.4) is 0 Å². The molecule has 0 heterocycles. The van der Waals surface area contributed by atoms with Gasteiger partial charge in [-0.25, -0.2) is 0 Å². The minimum atomic E-state index is -1.24. The van der Waals surface area contributed by atoms with Gasteiger partial charge in [0.25, 0.3) is 0 Å². The highest BCUT2D eigenvalue weighted by Crippen LogP contribution is 2.28. The zero-order valence-corrected chi connectivity index (χ0v) is 9.74. The number of thiocarbonyl (C=S) groups is 1. The van der Waals surface area contributed by atoms with Crippen molar-refractivity contribution in [3.8, 4) is 0 Å². The first-order chi connectivity index (χ1) is 7.60. The number of hydrogen-bond donors (Lipinski definition) is 3. The van der Waals surface area contributed by atoms with Crippen molar-refractivity contribution in [1.82, 2.24) is 0 Å². The molecule has 1 aromatic rings. The van der Waals surface area contributed by atoms with Gasteiger partial charge in [-0.1, -0.05) is 17.7 Å². The Kier molecular flexibility index (Phi) is 5.02. The molecule has 4 nitrogen and oxygen atoms in total. The van der Waals surface area contributed by atoms with Gasteiger partial charge in [-0.15, -0.1) is 0 Å². The molecule has 0 aromatic heterocycles. The molecule has 0 aliphatic carbocycles. The van der Waals surface area contributed by atoms with E-state index in [1.165, 1.54) is 6.07 Å². The Labute approximate surface area is 103 Å². The fraction of sp³-hybridized carbons (Fsp3) is 0.300. The molecule has 0 amide bonds. The van der Waals surface area contributed by atoms with E-state index in [1.807, 2.05) is 0 Å². The van der Waals surface area contributed by atoms with Crippen LogP contribution in [-0.4, -0.2) is 33.2 Å². The van der Waals surface area contributed by atoms with Crippen molar-refractivity contribution >= 4 is 34.7 Å². The smallest absolute Gasteiger partial charge is 0.107 e. The molecule has 2 unspecified atom stereocenters. The molecule has 0 aliphatic heterocycles. The first-order valence-corrected chi connectivity index (χ1v) is 5.23. The normalized spacial score (nSPS) is 14.0. The number of aliphatic imine (C=N–C) groups is 1. The Morgan fingerprint density at radius 1 is 1.44 bits per heavy atom. The van der Waals surface area contributed by atoms with Gasteiger partial charge >= 0.3 is 0 Å². The van der Waals surface area contributed by atoms with Gasteiger partial charge in [0, 0.05) is 0 Å². The van der Waals surface area contributed by atoms with E-state index in [-0.39, 0.29) is 0 Å². The number of isothiocyanates is 1. The third kappa shape index (κ3) is 3.09. The van der Waals surface area contributed by atoms with Crippen LogP contribution in [0.15, 0.2) is 23.2 Å². The molecule has 86 valence electrons. The summed E-state index contributed by atoms with van der Waals surface area (Å²) in [5.74, 6) is 0. The van der Waals surface area contributed by atoms with Crippen molar-refractivity contribution < 1.29 is 15.3 Å². The summed E-state index contributed by atoms with van der Waals surface area (Å²) in [5, 5.41) is 30.0. The number of benzene rings is 1. The average molecular weight is 260 g/mol. The van der Waals surface area contributed by atoms with E-state index >= 15 is 0 Å². The Morgan fingerprint density at radius 3 is 2.62 bits per heavy atom. The molecular formula is C10H10ClNO3S. The molecule has 0 spiro atoms. The van der Waals surface area contributed by atoms with E-state index in [1.54, 1.807) is 12.1 Å². The van der Waals surface area contributed by atoms with Crippen molar-refractivity contribution in [2.24, 2.45) is 4.99 Å². The van der Waals surface area contributed by atoms with Crippen LogP contribution in [0.1, 0.15) is 11.7 Å². The summed E-state index contributed by atoms with van der Waals surface area (Å²) in [4.78, 5) is 3.71. The third-order valence-corrected chi connectivity index (χ3v) is 2.42. The fourth-order valence-electron chi connectivity index (χ4n) is 1.17. The number of nitrogens with zero attached hydrogens (tertiary/aromatic N) is 1. The van der Waals surface area contributed by atoms with Gasteiger partial charge in [-0.05, 0) is 29.9 Å². The first kappa shape index (κ1) is 13.3. The largest absolute Gasteiger partial charge is 0.394 e. The van der Waals surface area contributed by atoms with Crippen molar-refractivity contribution in [2.45, 2.75) is 12.2 Å². The number of hydrogen-bond acceptors (Lipinski definition) is 5. The molecule has 6 heteroatoms. The summed E-state index contributed by atoms with van der Waals surface area (Å²) < 4.78 is 0. The van der Waals surface area contributed by atoms with Crippen LogP contribution in [0.25, 0.3) is 0 Å². The van der Waals surface area contributed by atoms with Crippen molar-refractivity contribution in [3.05, 3.63) is 28.8 Å². The highest BCUT2D eigenvalue weighted by Gasteiger charge is 2.18. The Bertz CT molecular complexity index is 421.